The summed E-state index contributed by atoms with van der Waals surface area (Å²) in [7, 11) is 0. The van der Waals surface area contributed by atoms with E-state index in [2.05, 4.69) is 0 Å². The average Bonchev–Trinajstić information content (AvgIpc) is 0.811. The molecule has 0 radical (unpaired) electrons. The molecule has 0 bridgehead atoms. The second-order valence-electron chi connectivity index (χ2n) is 0.250. The Balaban J connectivity index is -0.00000000161. The standard InChI is InChI=1S/6FH.2Na.3O.Ti/h6*1H;;;;;;/q;;;;;;2*+1;;2*-1;. The quantitative estimate of drug-likeness (QED) is 0.322. The zero-order valence-electron chi connectivity index (χ0n) is 6.17. The zero-order chi connectivity index (χ0) is 3.58. The molecule has 0 aromatic rings. The van der Waals surface area contributed by atoms with E-state index in [-0.39, 0.29) is 87.3 Å². The van der Waals surface area contributed by atoms with Gasteiger partial charge in [-0.05, 0) is 0 Å². The molecule has 72 valence electrons. The van der Waals surface area contributed by atoms with Crippen LogP contribution in [0.4, 0.5) is 28.2 Å². The molecule has 0 fully saturated rings. The normalized spacial score (nSPS) is 2.17. The molecule has 0 amide bonds. The summed E-state index contributed by atoms with van der Waals surface area (Å²) in [5.41, 5.74) is 0. The van der Waals surface area contributed by atoms with Gasteiger partial charge in [-0.1, -0.05) is 0 Å². The molecule has 0 atom stereocenters. The minimum absolute atomic E-state index is 0. The Hall–Kier alpha value is 2.01. The van der Waals surface area contributed by atoms with E-state index in [0.29, 0.717) is 0 Å². The molecule has 0 saturated heterocycles. The summed E-state index contributed by atoms with van der Waals surface area (Å²) >= 11 is -4.08. The van der Waals surface area contributed by atoms with Crippen molar-refractivity contribution in [3.05, 3.63) is 0 Å². The summed E-state index contributed by atoms with van der Waals surface area (Å²) in [6.45, 7) is 0. The molecule has 0 aromatic heterocycles. The van der Waals surface area contributed by atoms with Crippen molar-refractivity contribution in [3.8, 4) is 0 Å². The predicted molar refractivity (Wildman–Crippen MR) is 15.7 cm³/mol. The van der Waals surface area contributed by atoms with Crippen LogP contribution in [-0.4, -0.2) is 0 Å². The molecular weight excluding hydrogens is 256 g/mol. The average molecular weight is 262 g/mol. The van der Waals surface area contributed by atoms with Gasteiger partial charge in [0, 0.05) is 0 Å². The van der Waals surface area contributed by atoms with Crippen molar-refractivity contribution in [1.29, 1.82) is 0 Å². The van der Waals surface area contributed by atoms with Crippen molar-refractivity contribution in [1.82, 2.24) is 0 Å². The van der Waals surface area contributed by atoms with Gasteiger partial charge < -0.3 is 0 Å². The molecule has 0 rings (SSSR count). The van der Waals surface area contributed by atoms with Gasteiger partial charge in [0.1, 0.15) is 0 Å². The van der Waals surface area contributed by atoms with E-state index in [1.54, 1.807) is 0 Å². The number of halogens is 6. The van der Waals surface area contributed by atoms with Crippen LogP contribution in [0.15, 0.2) is 0 Å². The third kappa shape index (κ3) is 359. The predicted octanol–water partition coefficient (Wildman–Crippen LogP) is -7.58. The first-order valence-corrected chi connectivity index (χ1v) is 2.52. The third-order valence-corrected chi connectivity index (χ3v) is 0. The SMILES string of the molecule is F.F.F.F.F.F.[Na+].[Na+].[O]=[Ti]([O-])[O-]. The van der Waals surface area contributed by atoms with Crippen molar-refractivity contribution < 1.29 is 117 Å². The molecule has 0 saturated carbocycles. The van der Waals surface area contributed by atoms with Crippen LogP contribution in [0.25, 0.3) is 0 Å². The summed E-state index contributed by atoms with van der Waals surface area (Å²) in [6, 6.07) is 0. The van der Waals surface area contributed by atoms with E-state index in [0.717, 1.165) is 0 Å². The molecule has 0 aliphatic rings. The van der Waals surface area contributed by atoms with E-state index in [1.807, 2.05) is 0 Å². The third-order valence-electron chi connectivity index (χ3n) is 0. The first kappa shape index (κ1) is 94.4. The van der Waals surface area contributed by atoms with Gasteiger partial charge in [-0.3, -0.25) is 28.2 Å². The van der Waals surface area contributed by atoms with E-state index in [1.165, 1.54) is 0 Å². The maximum absolute atomic E-state index is 8.58. The Bertz CT molecular complexity index is 43.8. The minimum atomic E-state index is -4.08. The van der Waals surface area contributed by atoms with Crippen LogP contribution in [0, 0.1) is 0 Å². The van der Waals surface area contributed by atoms with Gasteiger partial charge in [0.2, 0.25) is 0 Å². The molecule has 3 nitrogen and oxygen atoms in total. The summed E-state index contributed by atoms with van der Waals surface area (Å²) in [5.74, 6) is 0. The van der Waals surface area contributed by atoms with Crippen LogP contribution in [0.1, 0.15) is 0 Å². The first-order valence-electron chi connectivity index (χ1n) is 0.612. The van der Waals surface area contributed by atoms with Crippen molar-refractivity contribution >= 4 is 0 Å². The summed E-state index contributed by atoms with van der Waals surface area (Å²) in [4.78, 5) is 0. The zero-order valence-corrected chi connectivity index (χ0v) is 11.7. The summed E-state index contributed by atoms with van der Waals surface area (Å²) in [5, 5.41) is 0. The van der Waals surface area contributed by atoms with Gasteiger partial charge in [0.05, 0.1) is 0 Å². The van der Waals surface area contributed by atoms with Crippen molar-refractivity contribution in [2.24, 2.45) is 0 Å². The molecule has 12 heavy (non-hydrogen) atoms. The van der Waals surface area contributed by atoms with Gasteiger partial charge in [-0.15, -0.1) is 0 Å². The van der Waals surface area contributed by atoms with Gasteiger partial charge in [0.15, 0.2) is 0 Å². The monoisotopic (exact) mass is 262 g/mol. The van der Waals surface area contributed by atoms with Crippen molar-refractivity contribution in [3.63, 3.8) is 0 Å². The van der Waals surface area contributed by atoms with Gasteiger partial charge >= 0.3 is 88.4 Å². The second-order valence-corrected chi connectivity index (χ2v) is 1.03. The fourth-order valence-electron chi connectivity index (χ4n) is 0. The molecule has 0 unspecified atom stereocenters. The Morgan fingerprint density at radius 3 is 0.667 bits per heavy atom. The van der Waals surface area contributed by atoms with Crippen LogP contribution in [0.5, 0.6) is 0 Å². The molecule has 12 heteroatoms. The Kier molecular flexibility index (Phi) is 588. The molecule has 0 aliphatic heterocycles. The Morgan fingerprint density at radius 1 is 0.667 bits per heavy atom. The number of hydrogen-bond donors (Lipinski definition) is 0. The first-order chi connectivity index (χ1) is 1.73. The molecule has 0 aliphatic carbocycles. The molecule has 0 aromatic carbocycles. The fourth-order valence-corrected chi connectivity index (χ4v) is 0. The van der Waals surface area contributed by atoms with E-state index >= 15 is 0 Å². The van der Waals surface area contributed by atoms with Crippen LogP contribution >= 0.6 is 0 Å². The van der Waals surface area contributed by atoms with Crippen LogP contribution < -0.4 is 66.5 Å². The van der Waals surface area contributed by atoms with Crippen molar-refractivity contribution in [2.75, 3.05) is 0 Å². The molecule has 0 spiro atoms. The van der Waals surface area contributed by atoms with Crippen LogP contribution in [-0.2, 0) is 21.9 Å². The van der Waals surface area contributed by atoms with Gasteiger partial charge in [-0.25, -0.2) is 0 Å². The van der Waals surface area contributed by atoms with E-state index in [9.17, 15) is 0 Å². The summed E-state index contributed by atoms with van der Waals surface area (Å²) in [6.07, 6.45) is 0. The summed E-state index contributed by atoms with van der Waals surface area (Å²) < 4.78 is 25.8. The number of rotatable bonds is 0. The van der Waals surface area contributed by atoms with Crippen LogP contribution in [0.3, 0.4) is 0 Å². The maximum atomic E-state index is 8.58. The molecular formula is H6F6Na2O3Ti. The van der Waals surface area contributed by atoms with E-state index in [4.69, 9.17) is 10.7 Å². The number of hydrogen-bond acceptors (Lipinski definition) is 3. The van der Waals surface area contributed by atoms with Gasteiger partial charge in [-0.2, -0.15) is 0 Å². The van der Waals surface area contributed by atoms with Crippen LogP contribution in [0.2, 0.25) is 0 Å². The Labute approximate surface area is 115 Å². The fraction of sp³-hybridized carbons (Fsp3) is 0. The topological polar surface area (TPSA) is 63.2 Å². The molecule has 0 heterocycles. The second kappa shape index (κ2) is 74.7. The molecule has 0 N–H and O–H groups in total. The van der Waals surface area contributed by atoms with Gasteiger partial charge in [0.25, 0.3) is 0 Å². The Morgan fingerprint density at radius 2 is 0.667 bits per heavy atom. The van der Waals surface area contributed by atoms with E-state index < -0.39 is 18.6 Å². The van der Waals surface area contributed by atoms with Crippen molar-refractivity contribution in [2.45, 2.75) is 0 Å².